The van der Waals surface area contributed by atoms with Gasteiger partial charge in [0.05, 0.1) is 12.7 Å². The maximum atomic E-state index is 5.56. The van der Waals surface area contributed by atoms with Crippen LogP contribution in [0.1, 0.15) is 16.7 Å². The first-order chi connectivity index (χ1) is 11.0. The van der Waals surface area contributed by atoms with Crippen LogP contribution < -0.4 is 4.90 Å². The number of aromatic nitrogens is 4. The third-order valence-electron chi connectivity index (χ3n) is 3.73. The van der Waals surface area contributed by atoms with Crippen LogP contribution in [0.5, 0.6) is 0 Å². The lowest BCUT2D eigenvalue weighted by molar-refractivity contribution is -0.917. The number of tetrazole rings is 1. The fourth-order valence-corrected chi connectivity index (χ4v) is 3.53. The molecular formula is C16H20N5S2+. The molecule has 1 atom stereocenters. The van der Waals surface area contributed by atoms with Crippen molar-refractivity contribution in [2.75, 3.05) is 7.05 Å². The summed E-state index contributed by atoms with van der Waals surface area (Å²) in [6, 6.07) is 8.39. The number of quaternary nitrogens is 1. The van der Waals surface area contributed by atoms with Crippen molar-refractivity contribution in [1.29, 1.82) is 0 Å². The second-order valence-electron chi connectivity index (χ2n) is 5.89. The van der Waals surface area contributed by atoms with Crippen LogP contribution in [0.3, 0.4) is 0 Å². The smallest absolute Gasteiger partial charge is 0.225 e. The van der Waals surface area contributed by atoms with Crippen molar-refractivity contribution < 1.29 is 4.90 Å². The van der Waals surface area contributed by atoms with E-state index in [1.54, 1.807) is 20.7 Å². The highest BCUT2D eigenvalue weighted by Crippen LogP contribution is 2.14. The zero-order valence-corrected chi connectivity index (χ0v) is 15.1. The van der Waals surface area contributed by atoms with E-state index in [1.807, 2.05) is 6.07 Å². The van der Waals surface area contributed by atoms with Gasteiger partial charge in [0, 0.05) is 5.56 Å². The SMILES string of the molecule is Cc1ccc(-n2nnn(C[NH+](C)Cc3ccsc3)c2=S)c(C)c1. The summed E-state index contributed by atoms with van der Waals surface area (Å²) < 4.78 is 4.15. The molecule has 0 aliphatic rings. The van der Waals surface area contributed by atoms with Gasteiger partial charge in [-0.25, -0.2) is 0 Å². The number of nitrogens with one attached hydrogen (secondary N) is 1. The Balaban J connectivity index is 1.80. The quantitative estimate of drug-likeness (QED) is 0.720. The van der Waals surface area contributed by atoms with Crippen molar-refractivity contribution in [3.05, 3.63) is 56.5 Å². The van der Waals surface area contributed by atoms with Crippen LogP contribution in [0.2, 0.25) is 0 Å². The van der Waals surface area contributed by atoms with Gasteiger partial charge in [-0.1, -0.05) is 17.7 Å². The van der Waals surface area contributed by atoms with Crippen LogP contribution in [0.25, 0.3) is 5.69 Å². The molecule has 1 N–H and O–H groups in total. The summed E-state index contributed by atoms with van der Waals surface area (Å²) in [6.07, 6.45) is 0. The number of benzene rings is 1. The Labute approximate surface area is 144 Å². The van der Waals surface area contributed by atoms with E-state index in [-0.39, 0.29) is 0 Å². The van der Waals surface area contributed by atoms with Crippen LogP contribution >= 0.6 is 23.6 Å². The van der Waals surface area contributed by atoms with E-state index in [0.717, 1.165) is 17.8 Å². The molecule has 0 radical (unpaired) electrons. The second-order valence-corrected chi connectivity index (χ2v) is 7.03. The van der Waals surface area contributed by atoms with Crippen molar-refractivity contribution in [2.45, 2.75) is 27.1 Å². The molecule has 0 aliphatic carbocycles. The van der Waals surface area contributed by atoms with Gasteiger partial charge in [0.15, 0.2) is 6.67 Å². The van der Waals surface area contributed by atoms with Crippen molar-refractivity contribution >= 4 is 23.6 Å². The number of rotatable bonds is 5. The van der Waals surface area contributed by atoms with Crippen LogP contribution in [0.15, 0.2) is 35.0 Å². The topological polar surface area (TPSA) is 40.1 Å². The Bertz CT molecular complexity index is 848. The van der Waals surface area contributed by atoms with Gasteiger partial charge in [-0.2, -0.15) is 20.7 Å². The molecule has 0 spiro atoms. The van der Waals surface area contributed by atoms with Crippen LogP contribution in [-0.2, 0) is 13.2 Å². The van der Waals surface area contributed by atoms with E-state index in [4.69, 9.17) is 12.2 Å². The van der Waals surface area contributed by atoms with Gasteiger partial charge in [0.1, 0.15) is 6.54 Å². The summed E-state index contributed by atoms with van der Waals surface area (Å²) in [5.74, 6) is 0. The molecule has 7 heteroatoms. The Morgan fingerprint density at radius 2 is 2.04 bits per heavy atom. The van der Waals surface area contributed by atoms with Crippen molar-refractivity contribution in [1.82, 2.24) is 19.8 Å². The van der Waals surface area contributed by atoms with E-state index >= 15 is 0 Å². The first-order valence-corrected chi connectivity index (χ1v) is 8.82. The first kappa shape index (κ1) is 16.0. The number of hydrogen-bond acceptors (Lipinski definition) is 4. The Hall–Kier alpha value is -1.83. The molecule has 2 heterocycles. The van der Waals surface area contributed by atoms with Crippen molar-refractivity contribution in [2.24, 2.45) is 0 Å². The molecule has 1 unspecified atom stereocenters. The zero-order valence-electron chi connectivity index (χ0n) is 13.5. The number of thiophene rings is 1. The Kier molecular flexibility index (Phi) is 4.70. The van der Waals surface area contributed by atoms with Crippen molar-refractivity contribution in [3.63, 3.8) is 0 Å². The van der Waals surface area contributed by atoms with E-state index in [0.29, 0.717) is 11.4 Å². The lowest BCUT2D eigenvalue weighted by Crippen LogP contribution is -3.06. The monoisotopic (exact) mass is 346 g/mol. The lowest BCUT2D eigenvalue weighted by Gasteiger charge is -2.12. The molecular weight excluding hydrogens is 326 g/mol. The fourth-order valence-electron chi connectivity index (χ4n) is 2.62. The summed E-state index contributed by atoms with van der Waals surface area (Å²) >= 11 is 7.28. The van der Waals surface area contributed by atoms with Gasteiger partial charge in [-0.05, 0) is 64.9 Å². The van der Waals surface area contributed by atoms with Crippen LogP contribution in [0.4, 0.5) is 0 Å². The average Bonchev–Trinajstić information content (AvgIpc) is 3.11. The molecule has 0 saturated heterocycles. The molecule has 5 nitrogen and oxygen atoms in total. The first-order valence-electron chi connectivity index (χ1n) is 7.47. The fraction of sp³-hybridized carbons (Fsp3) is 0.312. The minimum Gasteiger partial charge on any atom is -0.315 e. The van der Waals surface area contributed by atoms with Gasteiger partial charge >= 0.3 is 0 Å². The van der Waals surface area contributed by atoms with Gasteiger partial charge in [-0.3, -0.25) is 0 Å². The normalized spacial score (nSPS) is 12.5. The molecule has 2 aromatic heterocycles. The lowest BCUT2D eigenvalue weighted by atomic mass is 10.1. The third-order valence-corrected chi connectivity index (χ3v) is 4.84. The van der Waals surface area contributed by atoms with E-state index in [2.05, 4.69) is 60.3 Å². The maximum absolute atomic E-state index is 5.56. The zero-order chi connectivity index (χ0) is 16.4. The maximum Gasteiger partial charge on any atom is 0.225 e. The number of nitrogens with zero attached hydrogens (tertiary/aromatic N) is 4. The van der Waals surface area contributed by atoms with Crippen LogP contribution in [0, 0.1) is 18.6 Å². The average molecular weight is 347 g/mol. The highest BCUT2D eigenvalue weighted by molar-refractivity contribution is 7.71. The van der Waals surface area contributed by atoms with Gasteiger partial charge in [0.25, 0.3) is 0 Å². The summed E-state index contributed by atoms with van der Waals surface area (Å²) in [5, 5.41) is 12.8. The molecule has 0 bridgehead atoms. The molecule has 0 fully saturated rings. The summed E-state index contributed by atoms with van der Waals surface area (Å²) in [7, 11) is 2.13. The van der Waals surface area contributed by atoms with E-state index in [9.17, 15) is 0 Å². The van der Waals surface area contributed by atoms with Gasteiger partial charge in [-0.15, -0.1) is 0 Å². The second kappa shape index (κ2) is 6.74. The molecule has 0 amide bonds. The molecule has 0 saturated carbocycles. The van der Waals surface area contributed by atoms with E-state index < -0.39 is 0 Å². The molecule has 1 aromatic carbocycles. The molecule has 3 aromatic rings. The number of hydrogen-bond donors (Lipinski definition) is 1. The standard InChI is InChI=1S/C16H19N5S2/c1-12-4-5-15(13(2)8-12)21-16(22)20(17-18-21)11-19(3)9-14-6-7-23-10-14/h4-8,10H,9,11H2,1-3H3/p+1. The van der Waals surface area contributed by atoms with Gasteiger partial charge in [0.2, 0.25) is 4.77 Å². The number of aryl methyl sites for hydroxylation is 2. The molecule has 3 rings (SSSR count). The minimum atomic E-state index is 0.627. The molecule has 120 valence electrons. The predicted octanol–water partition coefficient (Wildman–Crippen LogP) is 2.15. The van der Waals surface area contributed by atoms with Crippen molar-refractivity contribution in [3.8, 4) is 5.69 Å². The highest BCUT2D eigenvalue weighted by atomic mass is 32.1. The van der Waals surface area contributed by atoms with E-state index in [1.165, 1.54) is 16.0 Å². The predicted molar refractivity (Wildman–Crippen MR) is 94.6 cm³/mol. The Morgan fingerprint density at radius 1 is 1.22 bits per heavy atom. The summed E-state index contributed by atoms with van der Waals surface area (Å²) in [4.78, 5) is 1.31. The summed E-state index contributed by atoms with van der Waals surface area (Å²) in [6.45, 7) is 5.79. The molecule has 0 aliphatic heterocycles. The summed E-state index contributed by atoms with van der Waals surface area (Å²) in [5.41, 5.74) is 4.69. The Morgan fingerprint density at radius 3 is 2.74 bits per heavy atom. The highest BCUT2D eigenvalue weighted by Gasteiger charge is 2.12. The third kappa shape index (κ3) is 3.57. The minimum absolute atomic E-state index is 0.627. The molecule has 23 heavy (non-hydrogen) atoms. The van der Waals surface area contributed by atoms with Crippen LogP contribution in [-0.4, -0.2) is 26.8 Å². The van der Waals surface area contributed by atoms with Gasteiger partial charge < -0.3 is 4.90 Å². The largest absolute Gasteiger partial charge is 0.315 e.